The van der Waals surface area contributed by atoms with Gasteiger partial charge in [-0.05, 0) is 61.9 Å². The molecular formula is C21H16F3N5O2. The minimum absolute atomic E-state index is 0.221. The van der Waals surface area contributed by atoms with Crippen molar-refractivity contribution in [1.29, 1.82) is 0 Å². The number of imidazole rings is 1. The van der Waals surface area contributed by atoms with Gasteiger partial charge in [0.15, 0.2) is 5.69 Å². The lowest BCUT2D eigenvalue weighted by Crippen LogP contribution is -2.15. The number of alkyl halides is 3. The number of ether oxygens (including phenoxy) is 1. The Hall–Kier alpha value is -3.95. The Kier molecular flexibility index (Phi) is 5.05. The molecule has 0 aliphatic rings. The second kappa shape index (κ2) is 7.71. The molecule has 0 atom stereocenters. The van der Waals surface area contributed by atoms with Crippen molar-refractivity contribution in [2.24, 2.45) is 0 Å². The second-order valence-corrected chi connectivity index (χ2v) is 6.78. The Balaban J connectivity index is 1.49. The lowest BCUT2D eigenvalue weighted by Gasteiger charge is -2.09. The largest absolute Gasteiger partial charge is 0.433 e. The number of halogens is 3. The van der Waals surface area contributed by atoms with Crippen LogP contribution in [0.4, 0.5) is 18.9 Å². The average Bonchev–Trinajstić information content (AvgIpc) is 3.04. The SMILES string of the molecule is Cc1ccn2c(C(=O)Nc3ccc(Oc4nccc(C(F)(F)F)n4)cc3)c(C)nc2c1. The topological polar surface area (TPSA) is 81.4 Å². The molecule has 0 aliphatic carbocycles. The quantitative estimate of drug-likeness (QED) is 0.506. The number of aryl methyl sites for hydroxylation is 2. The third-order valence-electron chi connectivity index (χ3n) is 4.42. The summed E-state index contributed by atoms with van der Waals surface area (Å²) in [7, 11) is 0. The molecule has 0 fully saturated rings. The summed E-state index contributed by atoms with van der Waals surface area (Å²) < 4.78 is 45.2. The van der Waals surface area contributed by atoms with Crippen LogP contribution in [0.15, 0.2) is 54.9 Å². The molecule has 0 saturated heterocycles. The maximum atomic E-state index is 12.8. The number of aromatic nitrogens is 4. The molecule has 1 amide bonds. The molecule has 0 radical (unpaired) electrons. The van der Waals surface area contributed by atoms with Crippen LogP contribution in [0.1, 0.15) is 27.4 Å². The van der Waals surface area contributed by atoms with E-state index in [2.05, 4.69) is 20.3 Å². The molecule has 1 N–H and O–H groups in total. The van der Waals surface area contributed by atoms with Crippen LogP contribution in [-0.2, 0) is 6.18 Å². The average molecular weight is 427 g/mol. The summed E-state index contributed by atoms with van der Waals surface area (Å²) in [6, 6.07) is 10.2. The van der Waals surface area contributed by atoms with Gasteiger partial charge in [0.05, 0.1) is 5.69 Å². The zero-order chi connectivity index (χ0) is 22.2. The van der Waals surface area contributed by atoms with Gasteiger partial charge >= 0.3 is 12.2 Å². The highest BCUT2D eigenvalue weighted by Crippen LogP contribution is 2.29. The molecular weight excluding hydrogens is 411 g/mol. The van der Waals surface area contributed by atoms with Gasteiger partial charge in [-0.3, -0.25) is 9.20 Å². The monoisotopic (exact) mass is 427 g/mol. The van der Waals surface area contributed by atoms with Gasteiger partial charge in [0.1, 0.15) is 17.1 Å². The number of nitrogens with zero attached hydrogens (tertiary/aromatic N) is 4. The van der Waals surface area contributed by atoms with Gasteiger partial charge in [-0.25, -0.2) is 9.97 Å². The maximum absolute atomic E-state index is 12.8. The molecule has 7 nitrogen and oxygen atoms in total. The van der Waals surface area contributed by atoms with Crippen LogP contribution in [0, 0.1) is 13.8 Å². The Bertz CT molecular complexity index is 1270. The number of benzene rings is 1. The molecule has 4 rings (SSSR count). The highest BCUT2D eigenvalue weighted by atomic mass is 19.4. The molecule has 3 heterocycles. The van der Waals surface area contributed by atoms with Crippen molar-refractivity contribution in [1.82, 2.24) is 19.4 Å². The van der Waals surface area contributed by atoms with Gasteiger partial charge in [0.25, 0.3) is 5.91 Å². The van der Waals surface area contributed by atoms with Crippen molar-refractivity contribution in [3.05, 3.63) is 77.5 Å². The zero-order valence-corrected chi connectivity index (χ0v) is 16.4. The van der Waals surface area contributed by atoms with Crippen LogP contribution < -0.4 is 10.1 Å². The number of rotatable bonds is 4. The van der Waals surface area contributed by atoms with Crippen molar-refractivity contribution in [2.75, 3.05) is 5.32 Å². The van der Waals surface area contributed by atoms with Crippen LogP contribution in [0.25, 0.3) is 5.65 Å². The van der Waals surface area contributed by atoms with E-state index in [4.69, 9.17) is 4.74 Å². The van der Waals surface area contributed by atoms with Crippen LogP contribution in [0.3, 0.4) is 0 Å². The van der Waals surface area contributed by atoms with Gasteiger partial charge in [0.2, 0.25) is 0 Å². The first kappa shape index (κ1) is 20.3. The van der Waals surface area contributed by atoms with E-state index in [1.807, 2.05) is 19.1 Å². The highest BCUT2D eigenvalue weighted by molar-refractivity contribution is 6.04. The summed E-state index contributed by atoms with van der Waals surface area (Å²) in [6.45, 7) is 3.70. The van der Waals surface area contributed by atoms with Gasteiger partial charge in [-0.1, -0.05) is 0 Å². The van der Waals surface area contributed by atoms with Gasteiger partial charge in [0, 0.05) is 18.1 Å². The van der Waals surface area contributed by atoms with E-state index in [0.717, 1.165) is 17.8 Å². The summed E-state index contributed by atoms with van der Waals surface area (Å²) in [5.41, 5.74) is 2.08. The number of amides is 1. The van der Waals surface area contributed by atoms with E-state index >= 15 is 0 Å². The normalized spacial score (nSPS) is 11.5. The van der Waals surface area contributed by atoms with Crippen molar-refractivity contribution in [2.45, 2.75) is 20.0 Å². The molecule has 4 aromatic rings. The number of hydrogen-bond acceptors (Lipinski definition) is 5. The molecule has 3 aromatic heterocycles. The molecule has 0 spiro atoms. The number of anilines is 1. The molecule has 0 saturated carbocycles. The van der Waals surface area contributed by atoms with E-state index in [9.17, 15) is 18.0 Å². The van der Waals surface area contributed by atoms with Crippen molar-refractivity contribution < 1.29 is 22.7 Å². The number of carbonyl (C=O) groups is 1. The van der Waals surface area contributed by atoms with Crippen molar-refractivity contribution in [3.63, 3.8) is 0 Å². The minimum atomic E-state index is -4.59. The van der Waals surface area contributed by atoms with E-state index in [-0.39, 0.29) is 11.7 Å². The third kappa shape index (κ3) is 4.32. The number of nitrogens with one attached hydrogen (secondary N) is 1. The summed E-state index contributed by atoms with van der Waals surface area (Å²) >= 11 is 0. The second-order valence-electron chi connectivity index (χ2n) is 6.78. The summed E-state index contributed by atoms with van der Waals surface area (Å²) in [5.74, 6) is -0.123. The number of carbonyl (C=O) groups excluding carboxylic acids is 1. The number of pyridine rings is 1. The highest BCUT2D eigenvalue weighted by Gasteiger charge is 2.33. The molecule has 10 heteroatoms. The van der Waals surface area contributed by atoms with E-state index < -0.39 is 17.9 Å². The van der Waals surface area contributed by atoms with Gasteiger partial charge < -0.3 is 10.1 Å². The summed E-state index contributed by atoms with van der Waals surface area (Å²) in [6.07, 6.45) is -1.84. The maximum Gasteiger partial charge on any atom is 0.433 e. The third-order valence-corrected chi connectivity index (χ3v) is 4.42. The standard InChI is InChI=1S/C21H16F3N5O2/c1-12-8-10-29-17(11-12)26-13(2)18(29)19(30)27-14-3-5-15(6-4-14)31-20-25-9-7-16(28-20)21(22,23)24/h3-11H,1-2H3,(H,27,30). The van der Waals surface area contributed by atoms with Crippen LogP contribution in [0.5, 0.6) is 11.8 Å². The molecule has 0 bridgehead atoms. The molecule has 0 unspecified atom stereocenters. The van der Waals surface area contributed by atoms with Crippen molar-refractivity contribution in [3.8, 4) is 11.8 Å². The lowest BCUT2D eigenvalue weighted by atomic mass is 10.2. The predicted octanol–water partition coefficient (Wildman–Crippen LogP) is 4.80. The van der Waals surface area contributed by atoms with Crippen LogP contribution in [0.2, 0.25) is 0 Å². The fourth-order valence-corrected chi connectivity index (χ4v) is 2.99. The van der Waals surface area contributed by atoms with E-state index in [0.29, 0.717) is 22.7 Å². The summed E-state index contributed by atoms with van der Waals surface area (Å²) in [5, 5.41) is 2.78. The molecule has 31 heavy (non-hydrogen) atoms. The van der Waals surface area contributed by atoms with E-state index in [1.165, 1.54) is 12.1 Å². The number of hydrogen-bond donors (Lipinski definition) is 1. The van der Waals surface area contributed by atoms with Crippen LogP contribution >= 0.6 is 0 Å². The molecule has 1 aromatic carbocycles. The Morgan fingerprint density at radius 3 is 2.52 bits per heavy atom. The fourth-order valence-electron chi connectivity index (χ4n) is 2.99. The molecule has 0 aliphatic heterocycles. The zero-order valence-electron chi connectivity index (χ0n) is 16.4. The van der Waals surface area contributed by atoms with Crippen molar-refractivity contribution >= 4 is 17.2 Å². The Labute approximate surface area is 174 Å². The van der Waals surface area contributed by atoms with E-state index in [1.54, 1.807) is 29.7 Å². The smallest absolute Gasteiger partial charge is 0.424 e. The first-order valence-electron chi connectivity index (χ1n) is 9.15. The molecule has 158 valence electrons. The minimum Gasteiger partial charge on any atom is -0.424 e. The van der Waals surface area contributed by atoms with Crippen LogP contribution in [-0.4, -0.2) is 25.3 Å². The van der Waals surface area contributed by atoms with Gasteiger partial charge in [-0.15, -0.1) is 0 Å². The first-order valence-corrected chi connectivity index (χ1v) is 9.15. The number of fused-ring (bicyclic) bond motifs is 1. The van der Waals surface area contributed by atoms with Gasteiger partial charge in [-0.2, -0.15) is 18.2 Å². The fraction of sp³-hybridized carbons (Fsp3) is 0.143. The Morgan fingerprint density at radius 1 is 1.06 bits per heavy atom. The predicted molar refractivity (Wildman–Crippen MR) is 106 cm³/mol. The lowest BCUT2D eigenvalue weighted by molar-refractivity contribution is -0.141. The first-order chi connectivity index (χ1) is 14.7. The Morgan fingerprint density at radius 2 is 1.81 bits per heavy atom. The summed E-state index contributed by atoms with van der Waals surface area (Å²) in [4.78, 5) is 24.2.